The summed E-state index contributed by atoms with van der Waals surface area (Å²) in [7, 11) is 1.32. The third-order valence-corrected chi connectivity index (χ3v) is 10.5. The molecule has 0 radical (unpaired) electrons. The van der Waals surface area contributed by atoms with Gasteiger partial charge in [0.25, 0.3) is 11.8 Å². The average Bonchev–Trinajstić information content (AvgIpc) is 3.46. The summed E-state index contributed by atoms with van der Waals surface area (Å²) in [4.78, 5) is 69.5. The van der Waals surface area contributed by atoms with Crippen LogP contribution < -0.4 is 10.5 Å². The van der Waals surface area contributed by atoms with Crippen molar-refractivity contribution in [2.75, 3.05) is 26.8 Å². The van der Waals surface area contributed by atoms with Gasteiger partial charge in [0.1, 0.15) is 22.8 Å². The molecular weight excluding hydrogens is 742 g/mol. The van der Waals surface area contributed by atoms with Crippen LogP contribution in [0.15, 0.2) is 35.3 Å². The summed E-state index contributed by atoms with van der Waals surface area (Å²) in [5, 5.41) is 56.6. The van der Waals surface area contributed by atoms with E-state index in [2.05, 4.69) is 4.99 Å². The molecule has 2 heterocycles. The minimum absolute atomic E-state index is 0. The number of methoxy groups -OCH3 is 1. The number of rotatable bonds is 13. The number of carbonyl (C=O) groups excluding carboxylic acids is 5. The number of nitrogens with two attached hydrogens (primary N) is 1. The number of halogens is 1. The lowest BCUT2D eigenvalue weighted by molar-refractivity contribution is -0.245. The molecule has 55 heavy (non-hydrogen) atoms. The number of aliphatic imine (C=N–C) groups is 1. The lowest BCUT2D eigenvalue weighted by atomic mass is 9.71. The minimum atomic E-state index is -2.10. The standard InChI is InChI=1S/C38H43N3O13.ClH/c1-18-33(46)22(39)13-28(53-18)54-24-15-38(51,25(17-42)40-16-19(43)7-4-3-5-12-41-26(44)10-11-27(41)45)14-21-30(24)37(50)32-31(35(21)48)34(47)20-8-6-9-23(52-2)29(20)36(32)49;/h6,8-11,18,22,24,28,33,42,46,48,50-51H,3-5,7,12-17,39H2,1-2H3;1H/t18-,22-,24-,28-,33+,38-;/m0./s1. The molecule has 2 amide bonds. The molecule has 2 aliphatic heterocycles. The second-order valence-corrected chi connectivity index (χ2v) is 14.0. The molecule has 296 valence electrons. The van der Waals surface area contributed by atoms with Crippen LogP contribution in [0.1, 0.15) is 94.5 Å². The zero-order chi connectivity index (χ0) is 39.1. The maximum absolute atomic E-state index is 14.0. The summed E-state index contributed by atoms with van der Waals surface area (Å²) < 4.78 is 17.4. The molecule has 4 aliphatic rings. The number of phenols is 2. The SMILES string of the molecule is COc1cccc2c1C(=O)c1c(O)c3c(c(O)c1C2=O)C[C@@](O)(C(CO)=NCC(=O)CCCCCN1C(=O)C=CC1=O)C[C@@H]3O[C@H]1C[C@H](N)[C@H](O)[C@H](C)O1.Cl. The third-order valence-electron chi connectivity index (χ3n) is 10.5. The molecule has 6 atom stereocenters. The number of fused-ring (bicyclic) bond motifs is 3. The van der Waals surface area contributed by atoms with Crippen molar-refractivity contribution in [2.24, 2.45) is 10.7 Å². The number of Topliss-reactive ketones (excluding diaryl/α,β-unsaturated/α-hetero) is 1. The fraction of sp³-hybridized carbons (Fsp3) is 0.474. The molecule has 2 aliphatic carbocycles. The van der Waals surface area contributed by atoms with Crippen molar-refractivity contribution in [1.82, 2.24) is 4.90 Å². The van der Waals surface area contributed by atoms with Crippen molar-refractivity contribution in [1.29, 1.82) is 0 Å². The molecule has 1 saturated heterocycles. The van der Waals surface area contributed by atoms with Crippen LogP contribution in [0.25, 0.3) is 0 Å². The van der Waals surface area contributed by atoms with Crippen LogP contribution >= 0.6 is 12.4 Å². The fourth-order valence-electron chi connectivity index (χ4n) is 7.64. The molecule has 2 aromatic carbocycles. The first-order valence-corrected chi connectivity index (χ1v) is 17.7. The van der Waals surface area contributed by atoms with Crippen LogP contribution in [-0.4, -0.2) is 122 Å². The summed E-state index contributed by atoms with van der Waals surface area (Å²) >= 11 is 0. The van der Waals surface area contributed by atoms with Crippen LogP contribution in [-0.2, 0) is 30.3 Å². The van der Waals surface area contributed by atoms with Crippen molar-refractivity contribution in [3.05, 3.63) is 63.7 Å². The van der Waals surface area contributed by atoms with E-state index < -0.39 is 96.4 Å². The van der Waals surface area contributed by atoms with E-state index in [-0.39, 0.29) is 83.1 Å². The molecule has 0 saturated carbocycles. The van der Waals surface area contributed by atoms with Crippen LogP contribution in [0.4, 0.5) is 0 Å². The quantitative estimate of drug-likeness (QED) is 0.0619. The Labute approximate surface area is 322 Å². The number of hydrogen-bond acceptors (Lipinski definition) is 15. The van der Waals surface area contributed by atoms with Crippen molar-refractivity contribution in [3.8, 4) is 17.2 Å². The van der Waals surface area contributed by atoms with Gasteiger partial charge in [-0.15, -0.1) is 12.4 Å². The van der Waals surface area contributed by atoms with E-state index in [1.165, 1.54) is 37.5 Å². The molecule has 6 rings (SSSR count). The van der Waals surface area contributed by atoms with Gasteiger partial charge in [0.05, 0.1) is 61.0 Å². The van der Waals surface area contributed by atoms with Crippen molar-refractivity contribution >= 4 is 47.3 Å². The maximum Gasteiger partial charge on any atom is 0.253 e. The number of unbranched alkanes of at least 4 members (excludes halogenated alkanes) is 2. The smallest absolute Gasteiger partial charge is 0.253 e. The fourth-order valence-corrected chi connectivity index (χ4v) is 7.64. The first-order valence-electron chi connectivity index (χ1n) is 17.7. The predicted octanol–water partition coefficient (Wildman–Crippen LogP) is 1.35. The topological polar surface area (TPSA) is 256 Å². The Morgan fingerprint density at radius 3 is 2.38 bits per heavy atom. The number of benzene rings is 2. The highest BCUT2D eigenvalue weighted by molar-refractivity contribution is 6.31. The van der Waals surface area contributed by atoms with Gasteiger partial charge in [0.2, 0.25) is 5.78 Å². The molecule has 17 heteroatoms. The van der Waals surface area contributed by atoms with Crippen LogP contribution in [0, 0.1) is 0 Å². The third kappa shape index (κ3) is 7.80. The summed E-state index contributed by atoms with van der Waals surface area (Å²) in [6.45, 7) is 0.591. The van der Waals surface area contributed by atoms with Gasteiger partial charge < -0.3 is 45.5 Å². The maximum atomic E-state index is 14.0. The van der Waals surface area contributed by atoms with Crippen molar-refractivity contribution < 1.29 is 63.7 Å². The molecule has 16 nitrogen and oxygen atoms in total. The van der Waals surface area contributed by atoms with Gasteiger partial charge in [-0.25, -0.2) is 0 Å². The highest BCUT2D eigenvalue weighted by atomic mass is 35.5. The van der Waals surface area contributed by atoms with Crippen LogP contribution in [0.2, 0.25) is 0 Å². The second kappa shape index (κ2) is 16.7. The summed E-state index contributed by atoms with van der Waals surface area (Å²) in [6, 6.07) is 3.60. The van der Waals surface area contributed by atoms with Gasteiger partial charge in [-0.1, -0.05) is 18.6 Å². The van der Waals surface area contributed by atoms with E-state index in [9.17, 15) is 49.5 Å². The molecule has 0 spiro atoms. The van der Waals surface area contributed by atoms with Gasteiger partial charge >= 0.3 is 0 Å². The van der Waals surface area contributed by atoms with Gasteiger partial charge in [-0.05, 0) is 25.8 Å². The van der Waals surface area contributed by atoms with E-state index in [1.807, 2.05) is 0 Å². The summed E-state index contributed by atoms with van der Waals surface area (Å²) in [6.07, 6.45) is -1.14. The largest absolute Gasteiger partial charge is 0.507 e. The van der Waals surface area contributed by atoms with Gasteiger partial charge in [-0.2, -0.15) is 0 Å². The number of nitrogens with zero attached hydrogens (tertiary/aromatic N) is 2. The lowest BCUT2D eigenvalue weighted by Gasteiger charge is -2.43. The number of phenolic OH excluding ortho intramolecular Hbond substituents is 2. The first kappa shape index (κ1) is 41.6. The Bertz CT molecular complexity index is 1940. The molecule has 0 bridgehead atoms. The zero-order valence-corrected chi connectivity index (χ0v) is 31.0. The molecule has 0 aromatic heterocycles. The Morgan fingerprint density at radius 1 is 1.04 bits per heavy atom. The molecule has 2 aromatic rings. The number of amides is 2. The van der Waals surface area contributed by atoms with Crippen molar-refractivity contribution in [2.45, 2.75) is 88.1 Å². The Kier molecular flexibility index (Phi) is 12.6. The minimum Gasteiger partial charge on any atom is -0.507 e. The van der Waals surface area contributed by atoms with Crippen molar-refractivity contribution in [3.63, 3.8) is 0 Å². The molecule has 7 N–H and O–H groups in total. The van der Waals surface area contributed by atoms with Gasteiger partial charge in [-0.3, -0.25) is 33.9 Å². The number of aromatic hydroxyl groups is 2. The monoisotopic (exact) mass is 785 g/mol. The van der Waals surface area contributed by atoms with Crippen LogP contribution in [0.5, 0.6) is 17.2 Å². The molecular formula is C38H44ClN3O13. The van der Waals surface area contributed by atoms with E-state index in [4.69, 9.17) is 19.9 Å². The summed E-state index contributed by atoms with van der Waals surface area (Å²) in [5.41, 5.74) is 2.42. The van der Waals surface area contributed by atoms with E-state index in [1.54, 1.807) is 6.92 Å². The Morgan fingerprint density at radius 2 is 1.73 bits per heavy atom. The number of imide groups is 1. The number of ether oxygens (including phenoxy) is 3. The number of aliphatic hydroxyl groups is 3. The molecule has 1 fully saturated rings. The van der Waals surface area contributed by atoms with Gasteiger partial charge in [0.15, 0.2) is 17.9 Å². The Balaban J connectivity index is 0.00000580. The number of hydrogen-bond donors (Lipinski definition) is 6. The first-order chi connectivity index (χ1) is 25.7. The number of carbonyl (C=O) groups is 5. The molecule has 0 unspecified atom stereocenters. The normalized spacial score (nSPS) is 26.0. The van der Waals surface area contributed by atoms with Crippen LogP contribution in [0.3, 0.4) is 0 Å². The highest BCUT2D eigenvalue weighted by Gasteiger charge is 2.49. The zero-order valence-electron chi connectivity index (χ0n) is 30.2. The van der Waals surface area contributed by atoms with E-state index in [0.717, 1.165) is 4.90 Å². The Hall–Kier alpha value is -4.55. The second-order valence-electron chi connectivity index (χ2n) is 14.0. The number of aliphatic hydroxyl groups excluding tert-OH is 2. The highest BCUT2D eigenvalue weighted by Crippen LogP contribution is 2.52. The predicted molar refractivity (Wildman–Crippen MR) is 196 cm³/mol. The van der Waals surface area contributed by atoms with Gasteiger partial charge in [0, 0.05) is 67.1 Å². The average molecular weight is 786 g/mol. The summed E-state index contributed by atoms with van der Waals surface area (Å²) in [5.74, 6) is -3.91. The number of ketones is 3. The van der Waals surface area contributed by atoms with E-state index in [0.29, 0.717) is 19.3 Å². The lowest BCUT2D eigenvalue weighted by Crippen LogP contribution is -2.53. The van der Waals surface area contributed by atoms with E-state index >= 15 is 0 Å².